The molecule has 4 rings (SSSR count). The Morgan fingerprint density at radius 2 is 1.62 bits per heavy atom. The largest absolute Gasteiger partial charge is 0.355 e. The fourth-order valence-electron chi connectivity index (χ4n) is 3.88. The van der Waals surface area contributed by atoms with Crippen LogP contribution in [0.4, 0.5) is 5.82 Å². The molecule has 3 heterocycles. The van der Waals surface area contributed by atoms with Crippen molar-refractivity contribution in [3.63, 3.8) is 0 Å². The third-order valence-corrected chi connectivity index (χ3v) is 5.54. The number of nitrogens with zero attached hydrogens (tertiary/aromatic N) is 5. The van der Waals surface area contributed by atoms with Crippen molar-refractivity contribution in [2.45, 2.75) is 25.8 Å². The maximum Gasteiger partial charge on any atom is 0.147 e. The Morgan fingerprint density at radius 3 is 2.35 bits per heavy atom. The molecule has 1 aromatic carbocycles. The van der Waals surface area contributed by atoms with Gasteiger partial charge in [-0.1, -0.05) is 24.3 Å². The maximum absolute atomic E-state index is 4.64. The Bertz CT molecular complexity index is 691. The molecule has 0 N–H and O–H groups in total. The van der Waals surface area contributed by atoms with E-state index in [1.165, 1.54) is 37.9 Å². The predicted octanol–water partition coefficient (Wildman–Crippen LogP) is 2.88. The van der Waals surface area contributed by atoms with Gasteiger partial charge in [-0.2, -0.15) is 0 Å². The van der Waals surface area contributed by atoms with Gasteiger partial charge in [-0.3, -0.25) is 9.88 Å². The highest BCUT2D eigenvalue weighted by molar-refractivity contribution is 5.59. The van der Waals surface area contributed by atoms with Gasteiger partial charge in [-0.15, -0.1) is 0 Å². The van der Waals surface area contributed by atoms with Crippen LogP contribution in [0.25, 0.3) is 11.3 Å². The molecule has 0 radical (unpaired) electrons. The van der Waals surface area contributed by atoms with Crippen LogP contribution in [0.2, 0.25) is 0 Å². The predicted molar refractivity (Wildman–Crippen MR) is 106 cm³/mol. The second-order valence-corrected chi connectivity index (χ2v) is 7.58. The van der Waals surface area contributed by atoms with E-state index in [-0.39, 0.29) is 0 Å². The van der Waals surface area contributed by atoms with Gasteiger partial charge in [0.15, 0.2) is 0 Å². The maximum atomic E-state index is 4.64. The summed E-state index contributed by atoms with van der Waals surface area (Å²) < 4.78 is 0. The number of rotatable bonds is 4. The second-order valence-electron chi connectivity index (χ2n) is 7.58. The first-order valence-corrected chi connectivity index (χ1v) is 9.85. The molecular formula is C21H29N5. The highest BCUT2D eigenvalue weighted by Crippen LogP contribution is 2.21. The molecule has 26 heavy (non-hydrogen) atoms. The van der Waals surface area contributed by atoms with E-state index in [1.54, 1.807) is 0 Å². The van der Waals surface area contributed by atoms with Crippen molar-refractivity contribution in [1.82, 2.24) is 19.8 Å². The topological polar surface area (TPSA) is 35.5 Å². The van der Waals surface area contributed by atoms with Crippen LogP contribution in [0.3, 0.4) is 0 Å². The molecule has 2 aromatic rings. The molecule has 0 unspecified atom stereocenters. The smallest absolute Gasteiger partial charge is 0.147 e. The van der Waals surface area contributed by atoms with Crippen molar-refractivity contribution >= 4 is 5.82 Å². The summed E-state index contributed by atoms with van der Waals surface area (Å²) in [6.45, 7) is 7.97. The van der Waals surface area contributed by atoms with Gasteiger partial charge in [0.2, 0.25) is 0 Å². The van der Waals surface area contributed by atoms with Gasteiger partial charge in [-0.25, -0.2) is 4.98 Å². The van der Waals surface area contributed by atoms with Crippen molar-refractivity contribution in [2.75, 3.05) is 51.2 Å². The first kappa shape index (κ1) is 17.4. The lowest BCUT2D eigenvalue weighted by atomic mass is 10.1. The number of anilines is 1. The zero-order valence-corrected chi connectivity index (χ0v) is 15.8. The van der Waals surface area contributed by atoms with Crippen molar-refractivity contribution in [3.05, 3.63) is 42.2 Å². The number of hydrogen-bond acceptors (Lipinski definition) is 5. The van der Waals surface area contributed by atoms with Crippen LogP contribution in [0.5, 0.6) is 0 Å². The lowest BCUT2D eigenvalue weighted by Gasteiger charge is -2.20. The van der Waals surface area contributed by atoms with Crippen molar-refractivity contribution in [3.8, 4) is 11.3 Å². The SMILES string of the molecule is CN1CCCN(Cc2ccc(-c3cnc(N4CCCC4)cn3)cc2)CC1. The molecule has 138 valence electrons. The normalized spacial score (nSPS) is 19.7. The summed E-state index contributed by atoms with van der Waals surface area (Å²) in [4.78, 5) is 16.6. The summed E-state index contributed by atoms with van der Waals surface area (Å²) in [6.07, 6.45) is 7.61. The lowest BCUT2D eigenvalue weighted by molar-refractivity contribution is 0.269. The van der Waals surface area contributed by atoms with Gasteiger partial charge < -0.3 is 9.80 Å². The van der Waals surface area contributed by atoms with Gasteiger partial charge in [0, 0.05) is 38.3 Å². The Morgan fingerprint density at radius 1 is 0.808 bits per heavy atom. The fraction of sp³-hybridized carbons (Fsp3) is 0.524. The van der Waals surface area contributed by atoms with Gasteiger partial charge in [0.25, 0.3) is 0 Å². The van der Waals surface area contributed by atoms with Gasteiger partial charge in [0.05, 0.1) is 18.1 Å². The lowest BCUT2D eigenvalue weighted by Crippen LogP contribution is -2.28. The third kappa shape index (κ3) is 4.22. The number of benzene rings is 1. The van der Waals surface area contributed by atoms with E-state index in [4.69, 9.17) is 0 Å². The molecule has 0 saturated carbocycles. The fourth-order valence-corrected chi connectivity index (χ4v) is 3.88. The minimum atomic E-state index is 0.955. The summed E-state index contributed by atoms with van der Waals surface area (Å²) in [6, 6.07) is 8.83. The summed E-state index contributed by atoms with van der Waals surface area (Å²) in [5, 5.41) is 0. The number of hydrogen-bond donors (Lipinski definition) is 0. The average Bonchev–Trinajstić information content (AvgIpc) is 3.14. The highest BCUT2D eigenvalue weighted by atomic mass is 15.2. The first-order valence-electron chi connectivity index (χ1n) is 9.85. The van der Waals surface area contributed by atoms with Crippen LogP contribution in [-0.2, 0) is 6.54 Å². The molecular weight excluding hydrogens is 322 g/mol. The average molecular weight is 351 g/mol. The van der Waals surface area contributed by atoms with Crippen LogP contribution in [0.15, 0.2) is 36.7 Å². The van der Waals surface area contributed by atoms with Crippen LogP contribution in [-0.4, -0.2) is 66.1 Å². The zero-order valence-electron chi connectivity index (χ0n) is 15.8. The minimum absolute atomic E-state index is 0.955. The first-order chi connectivity index (χ1) is 12.8. The van der Waals surface area contributed by atoms with Crippen LogP contribution in [0, 0.1) is 0 Å². The molecule has 0 spiro atoms. The van der Waals surface area contributed by atoms with E-state index in [0.29, 0.717) is 0 Å². The Balaban J connectivity index is 1.39. The standard InChI is InChI=1S/C21H29N5/c1-24-9-4-10-25(14-13-24)17-18-5-7-19(8-6-18)20-15-23-21(16-22-20)26-11-2-3-12-26/h5-8,15-16H,2-4,9-14,17H2,1H3. The highest BCUT2D eigenvalue weighted by Gasteiger charge is 2.14. The van der Waals surface area contributed by atoms with Crippen molar-refractivity contribution in [1.29, 1.82) is 0 Å². The molecule has 2 saturated heterocycles. The second kappa shape index (κ2) is 8.14. The molecule has 0 bridgehead atoms. The summed E-state index contributed by atoms with van der Waals surface area (Å²) >= 11 is 0. The van der Waals surface area contributed by atoms with Crippen LogP contribution in [0.1, 0.15) is 24.8 Å². The molecule has 0 atom stereocenters. The summed E-state index contributed by atoms with van der Waals surface area (Å²) in [5.41, 5.74) is 3.47. The summed E-state index contributed by atoms with van der Waals surface area (Å²) in [7, 11) is 2.22. The van der Waals surface area contributed by atoms with E-state index in [9.17, 15) is 0 Å². The zero-order chi connectivity index (χ0) is 17.8. The molecule has 0 aliphatic carbocycles. The Kier molecular flexibility index (Phi) is 5.46. The molecule has 5 nitrogen and oxygen atoms in total. The third-order valence-electron chi connectivity index (χ3n) is 5.54. The van der Waals surface area contributed by atoms with Crippen LogP contribution >= 0.6 is 0 Å². The van der Waals surface area contributed by atoms with E-state index in [2.05, 4.69) is 56.0 Å². The Hall–Kier alpha value is -1.98. The van der Waals surface area contributed by atoms with E-state index in [1.807, 2.05) is 12.4 Å². The van der Waals surface area contributed by atoms with E-state index < -0.39 is 0 Å². The number of aromatic nitrogens is 2. The van der Waals surface area contributed by atoms with E-state index >= 15 is 0 Å². The molecule has 2 aliphatic heterocycles. The monoisotopic (exact) mass is 351 g/mol. The Labute approximate surface area is 156 Å². The van der Waals surface area contributed by atoms with E-state index in [0.717, 1.165) is 49.8 Å². The molecule has 2 fully saturated rings. The number of likely N-dealkylation sites (N-methyl/N-ethyl adjacent to an activating group) is 1. The molecule has 2 aliphatic rings. The van der Waals surface area contributed by atoms with Gasteiger partial charge >= 0.3 is 0 Å². The summed E-state index contributed by atoms with van der Waals surface area (Å²) in [5.74, 6) is 1.01. The van der Waals surface area contributed by atoms with Crippen LogP contribution < -0.4 is 4.90 Å². The molecule has 1 aromatic heterocycles. The van der Waals surface area contributed by atoms with Gasteiger partial charge in [-0.05, 0) is 45.0 Å². The van der Waals surface area contributed by atoms with Gasteiger partial charge in [0.1, 0.15) is 5.82 Å². The van der Waals surface area contributed by atoms with Crippen molar-refractivity contribution in [2.24, 2.45) is 0 Å². The molecule has 5 heteroatoms. The minimum Gasteiger partial charge on any atom is -0.355 e. The van der Waals surface area contributed by atoms with Crippen molar-refractivity contribution < 1.29 is 0 Å². The quantitative estimate of drug-likeness (QED) is 0.846. The molecule has 0 amide bonds.